The van der Waals surface area contributed by atoms with Crippen LogP contribution in [0.25, 0.3) is 0 Å². The first kappa shape index (κ1) is 11.9. The van der Waals surface area contributed by atoms with Crippen LogP contribution in [0.3, 0.4) is 0 Å². The van der Waals surface area contributed by atoms with Gasteiger partial charge >= 0.3 is 0 Å². The molecular weight excluding hydrogens is 202 g/mol. The topological polar surface area (TPSA) is 49.6 Å². The molecule has 0 radical (unpaired) electrons. The number of likely N-dealkylation sites (tertiary alicyclic amines) is 1. The zero-order valence-electron chi connectivity index (χ0n) is 10.4. The van der Waals surface area contributed by atoms with Gasteiger partial charge < -0.3 is 15.5 Å². The fourth-order valence-electron chi connectivity index (χ4n) is 2.57. The highest BCUT2D eigenvalue weighted by Crippen LogP contribution is 2.27. The zero-order chi connectivity index (χ0) is 11.7. The van der Waals surface area contributed by atoms with Crippen LogP contribution in [0.15, 0.2) is 0 Å². The maximum Gasteiger partial charge on any atom is 0.239 e. The second-order valence-electron chi connectivity index (χ2n) is 5.29. The van der Waals surface area contributed by atoms with Crippen LogP contribution in [0.2, 0.25) is 0 Å². The number of carbonyl (C=O) groups is 1. The minimum Gasteiger partial charge on any atom is -0.337 e. The molecule has 2 fully saturated rings. The van der Waals surface area contributed by atoms with Crippen LogP contribution in [0.5, 0.6) is 0 Å². The van der Waals surface area contributed by atoms with Gasteiger partial charge in [-0.3, -0.25) is 4.79 Å². The summed E-state index contributed by atoms with van der Waals surface area (Å²) in [6.45, 7) is 3.69. The number of likely N-dealkylation sites (N-methyl/N-ethyl adjacent to an activating group) is 1. The summed E-state index contributed by atoms with van der Waals surface area (Å²) in [5.74, 6) is 0.117. The van der Waals surface area contributed by atoms with Gasteiger partial charge in [0.1, 0.15) is 0 Å². The Bertz CT molecular complexity index is 263. The van der Waals surface area contributed by atoms with E-state index >= 15 is 0 Å². The van der Waals surface area contributed by atoms with Gasteiger partial charge in [-0.25, -0.2) is 0 Å². The van der Waals surface area contributed by atoms with Crippen molar-refractivity contribution in [3.63, 3.8) is 0 Å². The highest BCUT2D eigenvalue weighted by atomic mass is 16.2. The van der Waals surface area contributed by atoms with Crippen LogP contribution < -0.4 is 5.73 Å². The van der Waals surface area contributed by atoms with E-state index in [1.165, 1.54) is 12.8 Å². The molecule has 2 N–H and O–H groups in total. The summed E-state index contributed by atoms with van der Waals surface area (Å²) >= 11 is 0. The first-order valence-electron chi connectivity index (χ1n) is 6.36. The first-order chi connectivity index (χ1) is 7.59. The van der Waals surface area contributed by atoms with Gasteiger partial charge in [-0.15, -0.1) is 0 Å². The normalized spacial score (nSPS) is 27.5. The Balaban J connectivity index is 1.89. The van der Waals surface area contributed by atoms with E-state index in [0.717, 1.165) is 32.0 Å². The first-order valence-corrected chi connectivity index (χ1v) is 6.36. The van der Waals surface area contributed by atoms with E-state index in [1.807, 2.05) is 4.90 Å². The molecule has 0 unspecified atom stereocenters. The lowest BCUT2D eigenvalue weighted by molar-refractivity contribution is -0.133. The summed E-state index contributed by atoms with van der Waals surface area (Å²) in [6.07, 6.45) is 4.91. The van der Waals surface area contributed by atoms with Crippen molar-refractivity contribution in [1.29, 1.82) is 0 Å². The summed E-state index contributed by atoms with van der Waals surface area (Å²) in [6, 6.07) is 0.809. The predicted octanol–water partition coefficient (Wildman–Crippen LogP) is 0.419. The van der Waals surface area contributed by atoms with Gasteiger partial charge in [-0.1, -0.05) is 0 Å². The Labute approximate surface area is 97.8 Å². The number of amides is 1. The van der Waals surface area contributed by atoms with Crippen LogP contribution in [-0.4, -0.2) is 54.0 Å². The summed E-state index contributed by atoms with van der Waals surface area (Å²) in [5, 5.41) is 0. The van der Waals surface area contributed by atoms with Crippen LogP contribution in [0, 0.1) is 0 Å². The van der Waals surface area contributed by atoms with Gasteiger partial charge in [0.25, 0.3) is 0 Å². The minimum absolute atomic E-state index is 0.117. The molecular formula is C12H23N3O. The number of hydrogen-bond donors (Lipinski definition) is 1. The average Bonchev–Trinajstić information content (AvgIpc) is 2.99. The Kier molecular flexibility index (Phi) is 3.50. The van der Waals surface area contributed by atoms with E-state index in [-0.39, 0.29) is 11.9 Å². The molecule has 0 aromatic rings. The lowest BCUT2D eigenvalue weighted by Crippen LogP contribution is -2.48. The molecule has 0 aromatic heterocycles. The zero-order valence-corrected chi connectivity index (χ0v) is 10.4. The summed E-state index contributed by atoms with van der Waals surface area (Å²) in [5.41, 5.74) is 5.68. The quantitative estimate of drug-likeness (QED) is 0.754. The van der Waals surface area contributed by atoms with Crippen molar-refractivity contribution in [3.05, 3.63) is 0 Å². The van der Waals surface area contributed by atoms with Gasteiger partial charge in [0, 0.05) is 25.2 Å². The van der Waals surface area contributed by atoms with Crippen molar-refractivity contribution in [3.8, 4) is 0 Å². The number of carbonyl (C=O) groups excluding carboxylic acids is 1. The monoisotopic (exact) mass is 225 g/mol. The van der Waals surface area contributed by atoms with Crippen molar-refractivity contribution in [2.24, 2.45) is 5.73 Å². The molecule has 1 saturated carbocycles. The lowest BCUT2D eigenvalue weighted by atomic mass is 10.2. The SMILES string of the molecule is C[C@H](N)C(=O)N1CCC[C@@H]1CN(C)C1CC1. The Morgan fingerprint density at radius 2 is 2.19 bits per heavy atom. The van der Waals surface area contributed by atoms with Crippen molar-refractivity contribution < 1.29 is 4.79 Å². The molecule has 2 rings (SSSR count). The molecule has 0 aromatic carbocycles. The Hall–Kier alpha value is -0.610. The van der Waals surface area contributed by atoms with Gasteiger partial charge in [0.2, 0.25) is 5.91 Å². The van der Waals surface area contributed by atoms with Gasteiger partial charge in [-0.2, -0.15) is 0 Å². The number of hydrogen-bond acceptors (Lipinski definition) is 3. The Morgan fingerprint density at radius 3 is 2.75 bits per heavy atom. The minimum atomic E-state index is -0.355. The molecule has 1 saturated heterocycles. The van der Waals surface area contributed by atoms with Crippen molar-refractivity contribution in [2.75, 3.05) is 20.1 Å². The smallest absolute Gasteiger partial charge is 0.239 e. The van der Waals surface area contributed by atoms with E-state index in [1.54, 1.807) is 6.92 Å². The maximum absolute atomic E-state index is 11.9. The van der Waals surface area contributed by atoms with Crippen molar-refractivity contribution in [1.82, 2.24) is 9.80 Å². The molecule has 1 amide bonds. The molecule has 2 atom stereocenters. The van der Waals surface area contributed by atoms with E-state index in [9.17, 15) is 4.79 Å². The highest BCUT2D eigenvalue weighted by Gasteiger charge is 2.34. The third kappa shape index (κ3) is 2.55. The van der Waals surface area contributed by atoms with Crippen molar-refractivity contribution in [2.45, 2.75) is 50.7 Å². The van der Waals surface area contributed by atoms with E-state index in [0.29, 0.717) is 6.04 Å². The van der Waals surface area contributed by atoms with Crippen LogP contribution in [0.4, 0.5) is 0 Å². The highest BCUT2D eigenvalue weighted by molar-refractivity contribution is 5.81. The van der Waals surface area contributed by atoms with E-state index in [4.69, 9.17) is 5.73 Å². The van der Waals surface area contributed by atoms with Crippen molar-refractivity contribution >= 4 is 5.91 Å². The van der Waals surface area contributed by atoms with E-state index < -0.39 is 0 Å². The lowest BCUT2D eigenvalue weighted by Gasteiger charge is -2.29. The van der Waals surface area contributed by atoms with E-state index in [2.05, 4.69) is 11.9 Å². The summed E-state index contributed by atoms with van der Waals surface area (Å²) in [7, 11) is 2.17. The number of rotatable bonds is 4. The molecule has 1 aliphatic carbocycles. The molecule has 4 heteroatoms. The number of nitrogens with two attached hydrogens (primary N) is 1. The molecule has 1 aliphatic heterocycles. The molecule has 0 bridgehead atoms. The number of nitrogens with zero attached hydrogens (tertiary/aromatic N) is 2. The fourth-order valence-corrected chi connectivity index (χ4v) is 2.57. The second-order valence-corrected chi connectivity index (χ2v) is 5.29. The third-order valence-electron chi connectivity index (χ3n) is 3.72. The van der Waals surface area contributed by atoms with Crippen LogP contribution >= 0.6 is 0 Å². The fraction of sp³-hybridized carbons (Fsp3) is 0.917. The van der Waals surface area contributed by atoms with Gasteiger partial charge in [-0.05, 0) is 39.7 Å². The standard InChI is InChI=1S/C12H23N3O/c1-9(13)12(16)15-7-3-4-11(15)8-14(2)10-5-6-10/h9-11H,3-8,13H2,1-2H3/t9-,11+/m0/s1. The summed E-state index contributed by atoms with van der Waals surface area (Å²) in [4.78, 5) is 16.3. The Morgan fingerprint density at radius 1 is 1.50 bits per heavy atom. The van der Waals surface area contributed by atoms with Gasteiger partial charge in [0.05, 0.1) is 6.04 Å². The third-order valence-corrected chi connectivity index (χ3v) is 3.72. The molecule has 2 aliphatic rings. The summed E-state index contributed by atoms with van der Waals surface area (Å²) < 4.78 is 0. The van der Waals surface area contributed by atoms with Gasteiger partial charge in [0.15, 0.2) is 0 Å². The molecule has 1 heterocycles. The maximum atomic E-state index is 11.9. The molecule has 16 heavy (non-hydrogen) atoms. The van der Waals surface area contributed by atoms with Crippen LogP contribution in [0.1, 0.15) is 32.6 Å². The van der Waals surface area contributed by atoms with Crippen LogP contribution in [-0.2, 0) is 4.79 Å². The molecule has 92 valence electrons. The second kappa shape index (κ2) is 4.72. The average molecular weight is 225 g/mol. The molecule has 4 nitrogen and oxygen atoms in total. The molecule has 0 spiro atoms. The predicted molar refractivity (Wildman–Crippen MR) is 64.0 cm³/mol. The largest absolute Gasteiger partial charge is 0.337 e.